The minimum Gasteiger partial charge on any atom is -0.351 e. The number of nitrogens with zero attached hydrogens (tertiary/aromatic N) is 6. The van der Waals surface area contributed by atoms with Crippen molar-refractivity contribution in [2.75, 3.05) is 10.2 Å². The largest absolute Gasteiger partial charge is 0.351 e. The Hall–Kier alpha value is -3.60. The van der Waals surface area contributed by atoms with Crippen LogP contribution in [0.5, 0.6) is 0 Å². The van der Waals surface area contributed by atoms with Crippen molar-refractivity contribution < 1.29 is 4.79 Å². The first-order valence-corrected chi connectivity index (χ1v) is 12.3. The molecule has 0 unspecified atom stereocenters. The van der Waals surface area contributed by atoms with Gasteiger partial charge in [-0.25, -0.2) is 14.8 Å². The number of hydrogen-bond acceptors (Lipinski definition) is 8. The van der Waals surface area contributed by atoms with Crippen LogP contribution < -0.4 is 16.0 Å². The monoisotopic (exact) mass is 538 g/mol. The van der Waals surface area contributed by atoms with Gasteiger partial charge in [-0.2, -0.15) is 13.7 Å². The van der Waals surface area contributed by atoms with E-state index in [9.17, 15) is 4.79 Å². The summed E-state index contributed by atoms with van der Waals surface area (Å²) in [5.41, 5.74) is 8.90. The van der Waals surface area contributed by atoms with E-state index in [0.717, 1.165) is 28.4 Å². The first-order chi connectivity index (χ1) is 17.1. The number of carbonyl (C=O) groups excluding carboxylic acids is 1. The van der Waals surface area contributed by atoms with Crippen molar-refractivity contribution in [3.63, 3.8) is 0 Å². The molecule has 0 saturated heterocycles. The van der Waals surface area contributed by atoms with Gasteiger partial charge in [-0.05, 0) is 57.2 Å². The molecule has 0 aliphatic rings. The lowest BCUT2D eigenvalue weighted by molar-refractivity contribution is 0.249. The molecule has 0 aliphatic carbocycles. The van der Waals surface area contributed by atoms with Crippen molar-refractivity contribution >= 4 is 80.5 Å². The van der Waals surface area contributed by atoms with Gasteiger partial charge in [0.05, 0.1) is 21.8 Å². The van der Waals surface area contributed by atoms with Crippen LogP contribution in [0.25, 0.3) is 33.2 Å². The van der Waals surface area contributed by atoms with Crippen LogP contribution in [0.2, 0.25) is 10.0 Å². The van der Waals surface area contributed by atoms with Crippen molar-refractivity contribution in [1.82, 2.24) is 23.7 Å². The molecule has 2 amide bonds. The molecular weight excluding hydrogens is 519 g/mol. The van der Waals surface area contributed by atoms with Crippen LogP contribution in [0, 0.1) is 0 Å². The van der Waals surface area contributed by atoms with Gasteiger partial charge in [0.15, 0.2) is 5.65 Å². The molecular formula is C24H20Cl2N8OS. The molecule has 182 valence electrons. The average Bonchev–Trinajstić information content (AvgIpc) is 3.26. The van der Waals surface area contributed by atoms with Gasteiger partial charge < -0.3 is 11.1 Å². The third kappa shape index (κ3) is 4.50. The fourth-order valence-corrected chi connectivity index (χ4v) is 4.98. The summed E-state index contributed by atoms with van der Waals surface area (Å²) >= 11 is 14.2. The number of fused-ring (bicyclic) bond motifs is 2. The lowest BCUT2D eigenvalue weighted by atomic mass is 10.0. The molecule has 0 atom stereocenters. The second kappa shape index (κ2) is 9.12. The zero-order chi connectivity index (χ0) is 25.6. The van der Waals surface area contributed by atoms with Crippen LogP contribution in [-0.2, 0) is 0 Å². The molecule has 5 rings (SSSR count). The first-order valence-electron chi connectivity index (χ1n) is 10.8. The zero-order valence-corrected chi connectivity index (χ0v) is 21.8. The van der Waals surface area contributed by atoms with E-state index in [1.54, 1.807) is 24.4 Å². The summed E-state index contributed by atoms with van der Waals surface area (Å²) in [5.74, 6) is 0.616. The summed E-state index contributed by atoms with van der Waals surface area (Å²) in [6.07, 6.45) is 1.64. The van der Waals surface area contributed by atoms with Crippen LogP contribution in [0.1, 0.15) is 20.8 Å². The highest BCUT2D eigenvalue weighted by atomic mass is 35.5. The molecule has 0 radical (unpaired) electrons. The van der Waals surface area contributed by atoms with Gasteiger partial charge in [-0.1, -0.05) is 29.3 Å². The number of rotatable bonds is 4. The molecule has 36 heavy (non-hydrogen) atoms. The number of pyridine rings is 1. The Morgan fingerprint density at radius 1 is 1.03 bits per heavy atom. The molecule has 2 aromatic carbocycles. The molecule has 0 bridgehead atoms. The van der Waals surface area contributed by atoms with E-state index in [1.807, 2.05) is 45.0 Å². The van der Waals surface area contributed by atoms with Crippen molar-refractivity contribution in [2.24, 2.45) is 5.73 Å². The fourth-order valence-electron chi connectivity index (χ4n) is 3.87. The lowest BCUT2D eigenvalue weighted by Crippen LogP contribution is -2.49. The molecule has 0 aliphatic heterocycles. The third-order valence-corrected chi connectivity index (χ3v) is 6.58. The maximum absolute atomic E-state index is 12.6. The molecule has 3 aromatic heterocycles. The number of primary amides is 1. The number of benzene rings is 2. The van der Waals surface area contributed by atoms with Gasteiger partial charge in [0.2, 0.25) is 5.95 Å². The van der Waals surface area contributed by atoms with Gasteiger partial charge in [-0.3, -0.25) is 4.90 Å². The van der Waals surface area contributed by atoms with E-state index >= 15 is 0 Å². The number of carbonyl (C=O) groups is 1. The van der Waals surface area contributed by atoms with Gasteiger partial charge in [0.1, 0.15) is 16.9 Å². The second-order valence-corrected chi connectivity index (χ2v) is 10.3. The SMILES string of the molecule is CC(C)(C)N(C(N)=O)c1nc2nc(Nc3ccc4nsnc4c3)ncc2cc1-c1c(Cl)cccc1Cl. The van der Waals surface area contributed by atoms with Gasteiger partial charge in [-0.15, -0.1) is 0 Å². The van der Waals surface area contributed by atoms with Crippen LogP contribution in [0.4, 0.5) is 22.2 Å². The molecule has 3 N–H and O–H groups in total. The van der Waals surface area contributed by atoms with Crippen LogP contribution >= 0.6 is 34.9 Å². The summed E-state index contributed by atoms with van der Waals surface area (Å²) in [7, 11) is 0. The topological polar surface area (TPSA) is 123 Å². The third-order valence-electron chi connectivity index (χ3n) is 5.39. The number of urea groups is 1. The summed E-state index contributed by atoms with van der Waals surface area (Å²) in [5, 5.41) is 4.63. The molecule has 5 aromatic rings. The number of hydrogen-bond donors (Lipinski definition) is 2. The minimum absolute atomic E-state index is 0.289. The highest BCUT2D eigenvalue weighted by Crippen LogP contribution is 2.42. The summed E-state index contributed by atoms with van der Waals surface area (Å²) in [6.45, 7) is 5.58. The first kappa shape index (κ1) is 24.1. The lowest BCUT2D eigenvalue weighted by Gasteiger charge is -2.34. The number of nitrogens with one attached hydrogen (secondary N) is 1. The standard InChI is InChI=1S/C24H20Cl2N8OS/c1-24(2,3)34(22(27)35)21-14(19-15(25)5-4-6-16(19)26)9-12-11-28-23(31-20(12)30-21)29-13-7-8-17-18(10-13)33-36-32-17/h4-11H,1-3H3,(H2,27,35)(H,28,29,30,31). The predicted molar refractivity (Wildman–Crippen MR) is 145 cm³/mol. The van der Waals surface area contributed by atoms with Gasteiger partial charge in [0.25, 0.3) is 0 Å². The summed E-state index contributed by atoms with van der Waals surface area (Å²) in [6, 6.07) is 11.9. The Morgan fingerprint density at radius 2 is 1.75 bits per heavy atom. The van der Waals surface area contributed by atoms with Crippen molar-refractivity contribution in [1.29, 1.82) is 0 Å². The number of nitrogens with two attached hydrogens (primary N) is 1. The molecule has 9 nitrogen and oxygen atoms in total. The molecule has 0 spiro atoms. The highest BCUT2D eigenvalue weighted by molar-refractivity contribution is 7.00. The fraction of sp³-hybridized carbons (Fsp3) is 0.167. The van der Waals surface area contributed by atoms with Crippen LogP contribution in [-0.4, -0.2) is 35.3 Å². The summed E-state index contributed by atoms with van der Waals surface area (Å²) < 4.78 is 8.47. The van der Waals surface area contributed by atoms with E-state index < -0.39 is 11.6 Å². The second-order valence-electron chi connectivity index (χ2n) is 9.00. The van der Waals surface area contributed by atoms with E-state index in [2.05, 4.69) is 24.0 Å². The Labute approximate surface area is 220 Å². The van der Waals surface area contributed by atoms with Gasteiger partial charge >= 0.3 is 6.03 Å². The van der Waals surface area contributed by atoms with E-state index in [-0.39, 0.29) is 5.82 Å². The molecule has 0 fully saturated rings. The molecule has 3 heterocycles. The van der Waals surface area contributed by atoms with E-state index in [1.165, 1.54) is 4.90 Å². The Morgan fingerprint density at radius 3 is 2.44 bits per heavy atom. The molecule has 12 heteroatoms. The Balaban J connectivity index is 1.68. The number of aromatic nitrogens is 5. The smallest absolute Gasteiger partial charge is 0.320 e. The van der Waals surface area contributed by atoms with Crippen molar-refractivity contribution in [2.45, 2.75) is 26.3 Å². The maximum atomic E-state index is 12.6. The molecule has 0 saturated carbocycles. The van der Waals surface area contributed by atoms with Crippen molar-refractivity contribution in [3.05, 3.63) is 58.7 Å². The summed E-state index contributed by atoms with van der Waals surface area (Å²) in [4.78, 5) is 27.8. The predicted octanol–water partition coefficient (Wildman–Crippen LogP) is 6.43. The van der Waals surface area contributed by atoms with Crippen LogP contribution in [0.3, 0.4) is 0 Å². The van der Waals surface area contributed by atoms with E-state index in [4.69, 9.17) is 33.9 Å². The minimum atomic E-state index is -0.694. The Bertz CT molecular complexity index is 1610. The quantitative estimate of drug-likeness (QED) is 0.270. The maximum Gasteiger partial charge on any atom is 0.320 e. The number of halogens is 2. The number of anilines is 3. The number of amides is 2. The van der Waals surface area contributed by atoms with Crippen molar-refractivity contribution in [3.8, 4) is 11.1 Å². The normalized spacial score (nSPS) is 11.7. The Kier molecular flexibility index (Phi) is 6.11. The average molecular weight is 539 g/mol. The zero-order valence-electron chi connectivity index (χ0n) is 19.5. The van der Waals surface area contributed by atoms with Gasteiger partial charge in [0, 0.05) is 33.9 Å². The highest BCUT2D eigenvalue weighted by Gasteiger charge is 2.31. The van der Waals surface area contributed by atoms with E-state index in [0.29, 0.717) is 38.2 Å². The van der Waals surface area contributed by atoms with Crippen LogP contribution in [0.15, 0.2) is 48.7 Å².